The molecule has 1 rings (SSSR count). The highest BCUT2D eigenvalue weighted by atomic mass is 32.2. The molecule has 1 heterocycles. The van der Waals surface area contributed by atoms with Gasteiger partial charge in [0, 0.05) is 12.7 Å². The highest BCUT2D eigenvalue weighted by molar-refractivity contribution is 8.02. The molecule has 0 unspecified atom stereocenters. The van der Waals surface area contributed by atoms with Crippen molar-refractivity contribution in [3.05, 3.63) is 11.0 Å². The third-order valence-corrected chi connectivity index (χ3v) is 2.45. The Kier molecular flexibility index (Phi) is 2.96. The molecule has 0 atom stereocenters. The van der Waals surface area contributed by atoms with Crippen molar-refractivity contribution in [2.75, 3.05) is 12.3 Å². The minimum Gasteiger partial charge on any atom is -0.286 e. The van der Waals surface area contributed by atoms with Gasteiger partial charge in [-0.25, -0.2) is 5.06 Å². The van der Waals surface area contributed by atoms with Crippen molar-refractivity contribution in [2.45, 2.75) is 13.3 Å². The Morgan fingerprint density at radius 3 is 3.09 bits per heavy atom. The zero-order valence-electron chi connectivity index (χ0n) is 6.41. The second kappa shape index (κ2) is 3.78. The third-order valence-electron chi connectivity index (χ3n) is 1.51. The third kappa shape index (κ3) is 2.55. The van der Waals surface area contributed by atoms with Gasteiger partial charge in [-0.15, -0.1) is 11.8 Å². The van der Waals surface area contributed by atoms with E-state index >= 15 is 0 Å². The Balaban J connectivity index is 2.35. The second-order valence-corrected chi connectivity index (χ2v) is 3.45. The summed E-state index contributed by atoms with van der Waals surface area (Å²) in [7, 11) is 0. The van der Waals surface area contributed by atoms with E-state index in [1.165, 1.54) is 6.92 Å². The van der Waals surface area contributed by atoms with Gasteiger partial charge in [0.2, 0.25) is 5.91 Å². The van der Waals surface area contributed by atoms with E-state index in [2.05, 4.69) is 0 Å². The van der Waals surface area contributed by atoms with Crippen LogP contribution in [0.3, 0.4) is 0 Å². The molecule has 0 aliphatic carbocycles. The lowest BCUT2D eigenvalue weighted by atomic mass is 10.2. The largest absolute Gasteiger partial charge is 0.286 e. The number of amides is 1. The van der Waals surface area contributed by atoms with E-state index in [1.807, 2.05) is 5.41 Å². The van der Waals surface area contributed by atoms with Gasteiger partial charge in [-0.3, -0.25) is 10.0 Å². The minimum atomic E-state index is -0.303. The molecule has 0 fully saturated rings. The van der Waals surface area contributed by atoms with Crippen LogP contribution >= 0.6 is 11.8 Å². The molecule has 0 aromatic heterocycles. The average molecular weight is 173 g/mol. The van der Waals surface area contributed by atoms with Gasteiger partial charge >= 0.3 is 0 Å². The molecule has 0 bridgehead atoms. The van der Waals surface area contributed by atoms with E-state index in [1.54, 1.807) is 11.8 Å². The Labute approximate surface area is 70.0 Å². The zero-order valence-corrected chi connectivity index (χ0v) is 7.23. The summed E-state index contributed by atoms with van der Waals surface area (Å²) >= 11 is 1.72. The molecule has 0 spiro atoms. The van der Waals surface area contributed by atoms with Crippen molar-refractivity contribution in [1.82, 2.24) is 5.06 Å². The Bertz CT molecular complexity index is 191. The monoisotopic (exact) mass is 173 g/mol. The summed E-state index contributed by atoms with van der Waals surface area (Å²) in [5.74, 6) is 0.768. The first-order valence-electron chi connectivity index (χ1n) is 3.46. The summed E-state index contributed by atoms with van der Waals surface area (Å²) < 4.78 is 0. The Hall–Kier alpha value is -0.480. The molecular formula is C7H11NO2S. The number of nitrogens with zero attached hydrogens (tertiary/aromatic N) is 1. The van der Waals surface area contributed by atoms with Gasteiger partial charge in [-0.1, -0.05) is 0 Å². The predicted octanol–water partition coefficient (Wildman–Crippen LogP) is 1.24. The van der Waals surface area contributed by atoms with Crippen LogP contribution in [0.4, 0.5) is 0 Å². The van der Waals surface area contributed by atoms with Gasteiger partial charge in [0.05, 0.1) is 6.54 Å². The highest BCUT2D eigenvalue weighted by Gasteiger charge is 2.10. The summed E-state index contributed by atoms with van der Waals surface area (Å²) in [4.78, 5) is 10.6. The van der Waals surface area contributed by atoms with Crippen molar-refractivity contribution in [1.29, 1.82) is 0 Å². The summed E-state index contributed by atoms with van der Waals surface area (Å²) in [5, 5.41) is 11.8. The first-order chi connectivity index (χ1) is 5.20. The summed E-state index contributed by atoms with van der Waals surface area (Å²) in [6.45, 7) is 1.71. The number of hydrogen-bond donors (Lipinski definition) is 1. The normalized spacial score (nSPS) is 16.4. The van der Waals surface area contributed by atoms with Crippen molar-refractivity contribution < 1.29 is 10.0 Å². The Morgan fingerprint density at radius 1 is 1.91 bits per heavy atom. The fourth-order valence-corrected chi connectivity index (χ4v) is 1.77. The molecule has 4 heteroatoms. The molecule has 3 nitrogen and oxygen atoms in total. The summed E-state index contributed by atoms with van der Waals surface area (Å²) in [6, 6.07) is 0. The van der Waals surface area contributed by atoms with Crippen LogP contribution in [0.15, 0.2) is 11.0 Å². The van der Waals surface area contributed by atoms with Crippen LogP contribution in [0.1, 0.15) is 13.3 Å². The number of carbonyl (C=O) groups is 1. The van der Waals surface area contributed by atoms with Crippen LogP contribution in [0, 0.1) is 0 Å². The van der Waals surface area contributed by atoms with Gasteiger partial charge in [0.25, 0.3) is 0 Å². The van der Waals surface area contributed by atoms with Crippen LogP contribution in [0.2, 0.25) is 0 Å². The van der Waals surface area contributed by atoms with Gasteiger partial charge in [-0.05, 0) is 17.4 Å². The van der Waals surface area contributed by atoms with E-state index in [0.29, 0.717) is 6.54 Å². The first kappa shape index (κ1) is 8.62. The van der Waals surface area contributed by atoms with Crippen LogP contribution in [-0.4, -0.2) is 28.5 Å². The van der Waals surface area contributed by atoms with Crippen LogP contribution in [0.5, 0.6) is 0 Å². The summed E-state index contributed by atoms with van der Waals surface area (Å²) in [5.41, 5.74) is 1.13. The van der Waals surface area contributed by atoms with Crippen molar-refractivity contribution in [3.63, 3.8) is 0 Å². The molecule has 11 heavy (non-hydrogen) atoms. The molecule has 0 aromatic rings. The molecule has 0 saturated carbocycles. The molecule has 0 radical (unpaired) electrons. The topological polar surface area (TPSA) is 40.5 Å². The van der Waals surface area contributed by atoms with Gasteiger partial charge < -0.3 is 0 Å². The van der Waals surface area contributed by atoms with Gasteiger partial charge in [0.1, 0.15) is 0 Å². The molecule has 62 valence electrons. The van der Waals surface area contributed by atoms with Gasteiger partial charge in [-0.2, -0.15) is 0 Å². The quantitative estimate of drug-likeness (QED) is 0.504. The van der Waals surface area contributed by atoms with Crippen molar-refractivity contribution >= 4 is 17.7 Å². The highest BCUT2D eigenvalue weighted by Crippen LogP contribution is 2.21. The van der Waals surface area contributed by atoms with Crippen LogP contribution in [-0.2, 0) is 4.79 Å². The van der Waals surface area contributed by atoms with E-state index in [4.69, 9.17) is 5.21 Å². The van der Waals surface area contributed by atoms with E-state index in [-0.39, 0.29) is 5.91 Å². The second-order valence-electron chi connectivity index (χ2n) is 2.47. The van der Waals surface area contributed by atoms with Crippen molar-refractivity contribution in [3.8, 4) is 0 Å². The predicted molar refractivity (Wildman–Crippen MR) is 44.3 cm³/mol. The molecule has 0 saturated heterocycles. The average Bonchev–Trinajstić information content (AvgIpc) is 2.39. The van der Waals surface area contributed by atoms with Gasteiger partial charge in [0.15, 0.2) is 0 Å². The van der Waals surface area contributed by atoms with Crippen molar-refractivity contribution in [2.24, 2.45) is 0 Å². The molecule has 1 aliphatic heterocycles. The first-order valence-corrected chi connectivity index (χ1v) is 4.51. The lowest BCUT2D eigenvalue weighted by molar-refractivity contribution is -0.160. The zero-order chi connectivity index (χ0) is 8.27. The number of carbonyl (C=O) groups excluding carboxylic acids is 1. The van der Waals surface area contributed by atoms with Crippen LogP contribution < -0.4 is 0 Å². The fourth-order valence-electron chi connectivity index (χ4n) is 0.846. The number of hydrogen-bond acceptors (Lipinski definition) is 3. The molecule has 1 N–H and O–H groups in total. The maximum Gasteiger partial charge on any atom is 0.243 e. The number of rotatable bonds is 2. The fraction of sp³-hybridized carbons (Fsp3) is 0.571. The lowest BCUT2D eigenvalue weighted by Crippen LogP contribution is -2.26. The number of thioether (sulfide) groups is 1. The standard InChI is InChI=1S/C7H11NO2S/c1-6(9)8(10)4-7-2-3-11-5-7/h5,10H,2-4H2,1H3. The Morgan fingerprint density at radius 2 is 2.64 bits per heavy atom. The molecule has 1 amide bonds. The number of hydroxylamine groups is 2. The maximum absolute atomic E-state index is 10.6. The smallest absolute Gasteiger partial charge is 0.243 e. The van der Waals surface area contributed by atoms with Crippen LogP contribution in [0.25, 0.3) is 0 Å². The summed E-state index contributed by atoms with van der Waals surface area (Å²) in [6.07, 6.45) is 0.981. The minimum absolute atomic E-state index is 0.303. The van der Waals surface area contributed by atoms with E-state index < -0.39 is 0 Å². The maximum atomic E-state index is 10.6. The molecule has 1 aliphatic rings. The van der Waals surface area contributed by atoms with E-state index in [9.17, 15) is 4.79 Å². The molecular weight excluding hydrogens is 162 g/mol. The van der Waals surface area contributed by atoms with E-state index in [0.717, 1.165) is 22.8 Å². The lowest BCUT2D eigenvalue weighted by Gasteiger charge is -2.12. The SMILES string of the molecule is CC(=O)N(O)CC1=CSCC1. The molecule has 0 aromatic carbocycles.